The van der Waals surface area contributed by atoms with Crippen LogP contribution >= 0.6 is 0 Å². The van der Waals surface area contributed by atoms with Crippen molar-refractivity contribution in [3.05, 3.63) is 143 Å². The summed E-state index contributed by atoms with van der Waals surface area (Å²) in [6, 6.07) is 35.2. The lowest BCUT2D eigenvalue weighted by molar-refractivity contribution is 0.791. The van der Waals surface area contributed by atoms with Gasteiger partial charge in [-0.25, -0.2) is 0 Å². The van der Waals surface area contributed by atoms with Crippen molar-refractivity contribution in [1.29, 1.82) is 0 Å². The van der Waals surface area contributed by atoms with Gasteiger partial charge in [0.1, 0.15) is 0 Å². The maximum Gasteiger partial charge on any atom is 0.0459 e. The molecule has 0 aliphatic heterocycles. The van der Waals surface area contributed by atoms with Crippen molar-refractivity contribution in [2.45, 2.75) is 18.3 Å². The quantitative estimate of drug-likeness (QED) is 0.233. The number of H-pyrrole nitrogens is 3. The van der Waals surface area contributed by atoms with Gasteiger partial charge in [0, 0.05) is 62.6 Å². The van der Waals surface area contributed by atoms with E-state index in [0.29, 0.717) is 0 Å². The summed E-state index contributed by atoms with van der Waals surface area (Å²) >= 11 is 0. The standard InChI is InChI=1S/C33H25N3/c1-2-10-21-20(9-1)17-25(26-18-34-28-14-6-3-11-22(26)28)33-32(24-13-5-8-16-30(24)36-33)31(21)27-19-35-29-15-7-4-12-23(27)29/h1-16,18-19,25,31,34-36H,17H2. The minimum absolute atomic E-state index is 0.138. The molecule has 0 saturated heterocycles. The van der Waals surface area contributed by atoms with Crippen LogP contribution in [0.2, 0.25) is 0 Å². The molecule has 3 N–H and O–H groups in total. The number of hydrogen-bond donors (Lipinski definition) is 3. The molecule has 3 heteroatoms. The van der Waals surface area contributed by atoms with Crippen LogP contribution in [0.3, 0.4) is 0 Å². The number of fused-ring (bicyclic) bond motifs is 6. The van der Waals surface area contributed by atoms with Crippen LogP contribution in [0.15, 0.2) is 109 Å². The fraction of sp³-hybridized carbons (Fsp3) is 0.0909. The lowest BCUT2D eigenvalue weighted by Crippen LogP contribution is -2.06. The van der Waals surface area contributed by atoms with Crippen molar-refractivity contribution in [3.8, 4) is 0 Å². The van der Waals surface area contributed by atoms with Crippen molar-refractivity contribution in [2.24, 2.45) is 0 Å². The van der Waals surface area contributed by atoms with E-state index in [9.17, 15) is 0 Å². The van der Waals surface area contributed by atoms with Gasteiger partial charge in [-0.05, 0) is 52.4 Å². The van der Waals surface area contributed by atoms with E-state index in [-0.39, 0.29) is 11.8 Å². The third kappa shape index (κ3) is 2.74. The molecule has 2 unspecified atom stereocenters. The maximum atomic E-state index is 3.91. The summed E-state index contributed by atoms with van der Waals surface area (Å²) in [4.78, 5) is 11.0. The highest BCUT2D eigenvalue weighted by atomic mass is 14.8. The normalized spacial score (nSPS) is 17.3. The van der Waals surface area contributed by atoms with E-state index in [1.54, 1.807) is 0 Å². The molecule has 3 aromatic heterocycles. The van der Waals surface area contributed by atoms with E-state index in [2.05, 4.69) is 124 Å². The van der Waals surface area contributed by atoms with Crippen molar-refractivity contribution < 1.29 is 0 Å². The van der Waals surface area contributed by atoms with E-state index in [1.165, 1.54) is 66.2 Å². The highest BCUT2D eigenvalue weighted by Crippen LogP contribution is 2.49. The van der Waals surface area contributed by atoms with Crippen molar-refractivity contribution in [2.75, 3.05) is 0 Å². The van der Waals surface area contributed by atoms with Gasteiger partial charge in [0.05, 0.1) is 0 Å². The van der Waals surface area contributed by atoms with Crippen LogP contribution in [-0.4, -0.2) is 15.0 Å². The first-order valence-corrected chi connectivity index (χ1v) is 12.7. The summed E-state index contributed by atoms with van der Waals surface area (Å²) in [7, 11) is 0. The van der Waals surface area contributed by atoms with Crippen LogP contribution in [-0.2, 0) is 6.42 Å². The van der Waals surface area contributed by atoms with Gasteiger partial charge >= 0.3 is 0 Å². The smallest absolute Gasteiger partial charge is 0.0459 e. The second kappa shape index (κ2) is 7.50. The molecule has 3 heterocycles. The second-order valence-electron chi connectivity index (χ2n) is 9.97. The molecule has 0 saturated carbocycles. The van der Waals surface area contributed by atoms with E-state index in [1.807, 2.05) is 0 Å². The molecule has 1 aliphatic rings. The van der Waals surface area contributed by atoms with Crippen LogP contribution in [0.5, 0.6) is 0 Å². The number of hydrogen-bond acceptors (Lipinski definition) is 0. The van der Waals surface area contributed by atoms with Gasteiger partial charge in [-0.3, -0.25) is 0 Å². The van der Waals surface area contributed by atoms with Crippen molar-refractivity contribution in [1.82, 2.24) is 15.0 Å². The molecule has 172 valence electrons. The third-order valence-corrected chi connectivity index (χ3v) is 8.13. The Hall–Kier alpha value is -4.50. The zero-order chi connectivity index (χ0) is 23.6. The Kier molecular flexibility index (Phi) is 4.12. The number of nitrogens with one attached hydrogen (secondary N) is 3. The monoisotopic (exact) mass is 463 g/mol. The van der Waals surface area contributed by atoms with E-state index >= 15 is 0 Å². The second-order valence-corrected chi connectivity index (χ2v) is 9.97. The number of para-hydroxylation sites is 3. The summed E-state index contributed by atoms with van der Waals surface area (Å²) in [6.07, 6.45) is 5.40. The molecule has 0 radical (unpaired) electrons. The Labute approximate surface area is 208 Å². The van der Waals surface area contributed by atoms with Gasteiger partial charge in [-0.2, -0.15) is 0 Å². The van der Waals surface area contributed by atoms with Crippen LogP contribution in [0.25, 0.3) is 32.7 Å². The minimum atomic E-state index is 0.138. The Morgan fingerprint density at radius 3 is 1.89 bits per heavy atom. The third-order valence-electron chi connectivity index (χ3n) is 8.13. The van der Waals surface area contributed by atoms with Gasteiger partial charge in [0.15, 0.2) is 0 Å². The Balaban J connectivity index is 1.49. The molecule has 1 aliphatic carbocycles. The van der Waals surface area contributed by atoms with Gasteiger partial charge in [0.25, 0.3) is 0 Å². The highest BCUT2D eigenvalue weighted by Gasteiger charge is 2.35. The number of aromatic amines is 3. The number of benzene rings is 4. The molecule has 0 fully saturated rings. The molecule has 8 rings (SSSR count). The fourth-order valence-corrected chi connectivity index (χ4v) is 6.55. The SMILES string of the molecule is c1ccc2c(c1)CC(c1c[nH]c3ccccc13)c1[nH]c3ccccc3c1C2c1c[nH]c2ccccc12. The van der Waals surface area contributed by atoms with Crippen LogP contribution < -0.4 is 0 Å². The summed E-state index contributed by atoms with van der Waals surface area (Å²) in [5.41, 5.74) is 11.8. The molecular weight excluding hydrogens is 438 g/mol. The average Bonchev–Trinajstić information content (AvgIpc) is 3.63. The van der Waals surface area contributed by atoms with E-state index in [0.717, 1.165) is 6.42 Å². The van der Waals surface area contributed by atoms with Gasteiger partial charge in [0.2, 0.25) is 0 Å². The fourth-order valence-electron chi connectivity index (χ4n) is 6.55. The maximum absolute atomic E-state index is 3.91. The first-order valence-electron chi connectivity index (χ1n) is 12.7. The van der Waals surface area contributed by atoms with Crippen molar-refractivity contribution in [3.63, 3.8) is 0 Å². The predicted octanol–water partition coefficient (Wildman–Crippen LogP) is 8.00. The predicted molar refractivity (Wildman–Crippen MR) is 148 cm³/mol. The van der Waals surface area contributed by atoms with Crippen LogP contribution in [0.1, 0.15) is 45.3 Å². The van der Waals surface area contributed by atoms with E-state index in [4.69, 9.17) is 0 Å². The van der Waals surface area contributed by atoms with Gasteiger partial charge < -0.3 is 15.0 Å². The number of aromatic nitrogens is 3. The molecule has 7 aromatic rings. The van der Waals surface area contributed by atoms with Crippen LogP contribution in [0.4, 0.5) is 0 Å². The van der Waals surface area contributed by atoms with Crippen LogP contribution in [0, 0.1) is 0 Å². The molecule has 4 aromatic carbocycles. The Bertz CT molecular complexity index is 1900. The molecule has 0 amide bonds. The molecule has 3 nitrogen and oxygen atoms in total. The lowest BCUT2D eigenvalue weighted by atomic mass is 9.82. The zero-order valence-electron chi connectivity index (χ0n) is 19.8. The van der Waals surface area contributed by atoms with E-state index < -0.39 is 0 Å². The largest absolute Gasteiger partial charge is 0.361 e. The lowest BCUT2D eigenvalue weighted by Gasteiger charge is -2.19. The topological polar surface area (TPSA) is 47.4 Å². The first kappa shape index (κ1) is 19.8. The van der Waals surface area contributed by atoms with Gasteiger partial charge in [-0.1, -0.05) is 78.9 Å². The Morgan fingerprint density at radius 1 is 0.528 bits per heavy atom. The molecule has 0 spiro atoms. The molecule has 2 atom stereocenters. The summed E-state index contributed by atoms with van der Waals surface area (Å²) in [5.74, 6) is 0.360. The first-order chi connectivity index (χ1) is 17.9. The zero-order valence-corrected chi connectivity index (χ0v) is 19.8. The molecule has 36 heavy (non-hydrogen) atoms. The van der Waals surface area contributed by atoms with Crippen molar-refractivity contribution >= 4 is 32.7 Å². The summed E-state index contributed by atoms with van der Waals surface area (Å²) in [6.45, 7) is 0. The molecular formula is C33H25N3. The molecule has 0 bridgehead atoms. The average molecular weight is 464 g/mol. The number of rotatable bonds is 2. The Morgan fingerprint density at radius 2 is 1.11 bits per heavy atom. The highest BCUT2D eigenvalue weighted by molar-refractivity contribution is 5.92. The summed E-state index contributed by atoms with van der Waals surface area (Å²) in [5, 5.41) is 3.90. The van der Waals surface area contributed by atoms with Gasteiger partial charge in [-0.15, -0.1) is 0 Å². The minimum Gasteiger partial charge on any atom is -0.361 e. The summed E-state index contributed by atoms with van der Waals surface area (Å²) < 4.78 is 0.